The lowest BCUT2D eigenvalue weighted by atomic mass is 10.1. The summed E-state index contributed by atoms with van der Waals surface area (Å²) in [5.74, 6) is 1.39. The van der Waals surface area contributed by atoms with E-state index in [1.807, 2.05) is 18.2 Å². The largest absolute Gasteiger partial charge is 0.493 e. The van der Waals surface area contributed by atoms with Crippen molar-refractivity contribution in [2.24, 2.45) is 0 Å². The van der Waals surface area contributed by atoms with Crippen molar-refractivity contribution < 1.29 is 19.0 Å². The first-order chi connectivity index (χ1) is 11.2. The molecule has 0 aliphatic carbocycles. The number of carbonyl (C=O) groups is 1. The summed E-state index contributed by atoms with van der Waals surface area (Å²) in [4.78, 5) is 11.8. The molecule has 1 aromatic rings. The summed E-state index contributed by atoms with van der Waals surface area (Å²) in [7, 11) is 3.22. The molecule has 126 valence electrons. The Morgan fingerprint density at radius 1 is 1.22 bits per heavy atom. The standard InChI is InChI=1S/C17H24N2O4/c1-21-15-4-3-13(11-16(15)22-2)5-8-18-17(20)19-12-14-6-9-23-10-7-14/h3-4,11-12H,5-10H2,1-2H3,(H2,18,19,20). The molecule has 1 aromatic carbocycles. The molecule has 1 fully saturated rings. The van der Waals surface area contributed by atoms with Crippen LogP contribution in [0.5, 0.6) is 11.5 Å². The highest BCUT2D eigenvalue weighted by Crippen LogP contribution is 2.27. The summed E-state index contributed by atoms with van der Waals surface area (Å²) in [6, 6.07) is 5.56. The molecule has 2 amide bonds. The predicted molar refractivity (Wildman–Crippen MR) is 87.9 cm³/mol. The Bertz CT molecular complexity index is 550. The number of benzene rings is 1. The lowest BCUT2D eigenvalue weighted by molar-refractivity contribution is 0.119. The maximum atomic E-state index is 11.8. The fourth-order valence-corrected chi connectivity index (χ4v) is 2.35. The third-order valence-electron chi connectivity index (χ3n) is 3.69. The van der Waals surface area contributed by atoms with E-state index < -0.39 is 0 Å². The normalized spacial score (nSPS) is 14.1. The SMILES string of the molecule is COc1ccc(CCNC(=O)NC=C2CCOCC2)cc1OC. The van der Waals surface area contributed by atoms with E-state index in [4.69, 9.17) is 14.2 Å². The van der Waals surface area contributed by atoms with Crippen LogP contribution in [0.1, 0.15) is 18.4 Å². The number of carbonyl (C=O) groups excluding carboxylic acids is 1. The van der Waals surface area contributed by atoms with Crippen molar-refractivity contribution in [3.8, 4) is 11.5 Å². The molecule has 0 saturated carbocycles. The summed E-state index contributed by atoms with van der Waals surface area (Å²) >= 11 is 0. The smallest absolute Gasteiger partial charge is 0.318 e. The number of methoxy groups -OCH3 is 2. The summed E-state index contributed by atoms with van der Waals surface area (Å²) < 4.78 is 15.7. The first-order valence-corrected chi connectivity index (χ1v) is 7.74. The molecule has 6 nitrogen and oxygen atoms in total. The maximum absolute atomic E-state index is 11.8. The van der Waals surface area contributed by atoms with E-state index in [0.29, 0.717) is 18.0 Å². The molecule has 0 unspecified atom stereocenters. The topological polar surface area (TPSA) is 68.8 Å². The Balaban J connectivity index is 1.74. The number of nitrogens with one attached hydrogen (secondary N) is 2. The van der Waals surface area contributed by atoms with Gasteiger partial charge in [-0.05, 0) is 42.5 Å². The highest BCUT2D eigenvalue weighted by Gasteiger charge is 2.07. The molecule has 1 aliphatic heterocycles. The van der Waals surface area contributed by atoms with Gasteiger partial charge in [0.25, 0.3) is 0 Å². The molecule has 0 bridgehead atoms. The van der Waals surface area contributed by atoms with Gasteiger partial charge in [0.1, 0.15) is 0 Å². The summed E-state index contributed by atoms with van der Waals surface area (Å²) in [5.41, 5.74) is 2.29. The first kappa shape index (κ1) is 17.1. The zero-order chi connectivity index (χ0) is 16.5. The number of urea groups is 1. The molecular weight excluding hydrogens is 296 g/mol. The number of ether oxygens (including phenoxy) is 3. The van der Waals surface area contributed by atoms with Crippen molar-refractivity contribution in [1.29, 1.82) is 0 Å². The van der Waals surface area contributed by atoms with E-state index in [1.165, 1.54) is 5.57 Å². The van der Waals surface area contributed by atoms with Crippen LogP contribution in [-0.2, 0) is 11.2 Å². The zero-order valence-electron chi connectivity index (χ0n) is 13.7. The van der Waals surface area contributed by atoms with E-state index >= 15 is 0 Å². The second-order valence-electron chi connectivity index (χ2n) is 5.25. The van der Waals surface area contributed by atoms with Crippen molar-refractivity contribution in [2.75, 3.05) is 34.0 Å². The number of rotatable bonds is 6. The first-order valence-electron chi connectivity index (χ1n) is 7.74. The molecule has 0 aromatic heterocycles. The molecule has 1 saturated heterocycles. The van der Waals surface area contributed by atoms with Gasteiger partial charge in [-0.2, -0.15) is 0 Å². The van der Waals surface area contributed by atoms with Crippen LogP contribution in [0.25, 0.3) is 0 Å². The van der Waals surface area contributed by atoms with E-state index in [-0.39, 0.29) is 6.03 Å². The van der Waals surface area contributed by atoms with Crippen molar-refractivity contribution in [3.63, 3.8) is 0 Å². The molecule has 23 heavy (non-hydrogen) atoms. The molecule has 6 heteroatoms. The van der Waals surface area contributed by atoms with Crippen LogP contribution < -0.4 is 20.1 Å². The Morgan fingerprint density at radius 2 is 1.96 bits per heavy atom. The van der Waals surface area contributed by atoms with Crippen LogP contribution in [0.15, 0.2) is 30.0 Å². The van der Waals surface area contributed by atoms with Gasteiger partial charge in [0, 0.05) is 12.7 Å². The molecule has 1 heterocycles. The number of hydrogen-bond donors (Lipinski definition) is 2. The minimum atomic E-state index is -0.190. The molecule has 2 rings (SSSR count). The summed E-state index contributed by atoms with van der Waals surface area (Å²) in [6.07, 6.45) is 4.27. The summed E-state index contributed by atoms with van der Waals surface area (Å²) in [6.45, 7) is 2.01. The minimum Gasteiger partial charge on any atom is -0.493 e. The fourth-order valence-electron chi connectivity index (χ4n) is 2.35. The second kappa shape index (κ2) is 9.05. The van der Waals surface area contributed by atoms with Gasteiger partial charge in [-0.1, -0.05) is 6.07 Å². The number of hydrogen-bond acceptors (Lipinski definition) is 4. The summed E-state index contributed by atoms with van der Waals surface area (Å²) in [5, 5.41) is 5.61. The number of amides is 2. The average molecular weight is 320 g/mol. The van der Waals surface area contributed by atoms with Gasteiger partial charge in [0.05, 0.1) is 27.4 Å². The van der Waals surface area contributed by atoms with Gasteiger partial charge in [-0.3, -0.25) is 0 Å². The maximum Gasteiger partial charge on any atom is 0.318 e. The monoisotopic (exact) mass is 320 g/mol. The quantitative estimate of drug-likeness (QED) is 0.843. The van der Waals surface area contributed by atoms with E-state index in [1.54, 1.807) is 20.4 Å². The van der Waals surface area contributed by atoms with Gasteiger partial charge >= 0.3 is 6.03 Å². The lowest BCUT2D eigenvalue weighted by Crippen LogP contribution is -2.34. The van der Waals surface area contributed by atoms with Crippen molar-refractivity contribution in [2.45, 2.75) is 19.3 Å². The van der Waals surface area contributed by atoms with E-state index in [0.717, 1.165) is 38.0 Å². The molecule has 0 atom stereocenters. The van der Waals surface area contributed by atoms with Gasteiger partial charge in [-0.15, -0.1) is 0 Å². The highest BCUT2D eigenvalue weighted by molar-refractivity contribution is 5.74. The van der Waals surface area contributed by atoms with Crippen LogP contribution in [0.3, 0.4) is 0 Å². The third kappa shape index (κ3) is 5.49. The Kier molecular flexibility index (Phi) is 6.75. The molecule has 0 spiro atoms. The minimum absolute atomic E-state index is 0.190. The van der Waals surface area contributed by atoms with Crippen LogP contribution in [0, 0.1) is 0 Å². The predicted octanol–water partition coefficient (Wildman–Crippen LogP) is 2.24. The van der Waals surface area contributed by atoms with Gasteiger partial charge < -0.3 is 24.8 Å². The molecule has 0 radical (unpaired) electrons. The molecular formula is C17H24N2O4. The van der Waals surface area contributed by atoms with E-state index in [2.05, 4.69) is 10.6 Å². The third-order valence-corrected chi connectivity index (χ3v) is 3.69. The van der Waals surface area contributed by atoms with Crippen molar-refractivity contribution in [1.82, 2.24) is 10.6 Å². The lowest BCUT2D eigenvalue weighted by Gasteiger charge is -2.14. The van der Waals surface area contributed by atoms with Gasteiger partial charge in [0.2, 0.25) is 0 Å². The Labute approximate surface area is 136 Å². The second-order valence-corrected chi connectivity index (χ2v) is 5.25. The van der Waals surface area contributed by atoms with Crippen molar-refractivity contribution in [3.05, 3.63) is 35.5 Å². The van der Waals surface area contributed by atoms with Crippen LogP contribution in [0.4, 0.5) is 4.79 Å². The van der Waals surface area contributed by atoms with Crippen LogP contribution in [0.2, 0.25) is 0 Å². The highest BCUT2D eigenvalue weighted by atomic mass is 16.5. The molecule has 1 aliphatic rings. The van der Waals surface area contributed by atoms with Crippen LogP contribution >= 0.6 is 0 Å². The molecule has 2 N–H and O–H groups in total. The Morgan fingerprint density at radius 3 is 2.65 bits per heavy atom. The van der Waals surface area contributed by atoms with Gasteiger partial charge in [-0.25, -0.2) is 4.79 Å². The Hall–Kier alpha value is -2.21. The van der Waals surface area contributed by atoms with Crippen LogP contribution in [-0.4, -0.2) is 40.0 Å². The van der Waals surface area contributed by atoms with Crippen molar-refractivity contribution >= 4 is 6.03 Å². The van der Waals surface area contributed by atoms with E-state index in [9.17, 15) is 4.79 Å². The zero-order valence-corrected chi connectivity index (χ0v) is 13.7. The van der Waals surface area contributed by atoms with Gasteiger partial charge in [0.15, 0.2) is 11.5 Å². The average Bonchev–Trinajstić information content (AvgIpc) is 2.60. The fraction of sp³-hybridized carbons (Fsp3) is 0.471.